The van der Waals surface area contributed by atoms with Gasteiger partial charge >= 0.3 is 0 Å². The summed E-state index contributed by atoms with van der Waals surface area (Å²) in [5, 5.41) is 3.04. The number of carbonyl (C=O) groups is 1. The van der Waals surface area contributed by atoms with Crippen molar-refractivity contribution in [2.24, 2.45) is 0 Å². The first kappa shape index (κ1) is 16.9. The number of ether oxygens (including phenoxy) is 1. The molecule has 0 aromatic carbocycles. The van der Waals surface area contributed by atoms with Gasteiger partial charge in [0.05, 0.1) is 13.2 Å². The number of hydrogen-bond donors (Lipinski definition) is 1. The molecule has 0 saturated carbocycles. The van der Waals surface area contributed by atoms with Gasteiger partial charge in [-0.2, -0.15) is 0 Å². The van der Waals surface area contributed by atoms with Gasteiger partial charge in [0, 0.05) is 30.7 Å². The number of Topliss-reactive ketones (excluding diaryl/α,β-unsaturated/α-hetero) is 1. The molecule has 0 atom stereocenters. The van der Waals surface area contributed by atoms with Crippen LogP contribution < -0.4 is 5.32 Å². The molecule has 0 aromatic rings. The van der Waals surface area contributed by atoms with E-state index >= 15 is 0 Å². The Morgan fingerprint density at radius 3 is 2.59 bits per heavy atom. The maximum atomic E-state index is 10.6. The van der Waals surface area contributed by atoms with E-state index in [2.05, 4.69) is 11.9 Å². The van der Waals surface area contributed by atoms with Crippen molar-refractivity contribution in [3.8, 4) is 0 Å². The van der Waals surface area contributed by atoms with E-state index < -0.39 is 0 Å². The number of ketones is 1. The summed E-state index contributed by atoms with van der Waals surface area (Å²) in [5.41, 5.74) is 1.10. The van der Waals surface area contributed by atoms with Crippen molar-refractivity contribution in [2.45, 2.75) is 26.2 Å². The van der Waals surface area contributed by atoms with Gasteiger partial charge < -0.3 is 10.1 Å². The molecule has 100 valence electrons. The maximum absolute atomic E-state index is 10.6. The minimum Gasteiger partial charge on any atom is -0.392 e. The lowest BCUT2D eigenvalue weighted by molar-refractivity contribution is -0.118. The standard InChI is InChI=1S/C12H23NO2S2/c1-11(13-3)5-4-9-16-17-10-8-15-7-6-12(2)14/h13H,1,4-10H2,2-3H3. The van der Waals surface area contributed by atoms with E-state index in [1.807, 2.05) is 28.6 Å². The molecule has 0 aliphatic carbocycles. The number of allylic oxidation sites excluding steroid dienone is 1. The summed E-state index contributed by atoms with van der Waals surface area (Å²) in [5.74, 6) is 2.31. The minimum atomic E-state index is 0.191. The Balaban J connectivity index is 3.03. The van der Waals surface area contributed by atoms with Gasteiger partial charge in [-0.1, -0.05) is 28.2 Å². The Bertz CT molecular complexity index is 223. The zero-order chi connectivity index (χ0) is 12.9. The van der Waals surface area contributed by atoms with Gasteiger partial charge in [-0.25, -0.2) is 0 Å². The average Bonchev–Trinajstić information content (AvgIpc) is 2.30. The maximum Gasteiger partial charge on any atom is 0.132 e. The molecule has 0 radical (unpaired) electrons. The smallest absolute Gasteiger partial charge is 0.132 e. The molecule has 0 rings (SSSR count). The van der Waals surface area contributed by atoms with Crippen LogP contribution in [0.3, 0.4) is 0 Å². The fourth-order valence-electron chi connectivity index (χ4n) is 0.998. The van der Waals surface area contributed by atoms with E-state index in [1.165, 1.54) is 0 Å². The molecule has 1 N–H and O–H groups in total. The highest BCUT2D eigenvalue weighted by atomic mass is 33.1. The minimum absolute atomic E-state index is 0.191. The first-order valence-electron chi connectivity index (χ1n) is 5.84. The first-order chi connectivity index (χ1) is 8.16. The van der Waals surface area contributed by atoms with E-state index in [0.717, 1.165) is 36.7 Å². The van der Waals surface area contributed by atoms with E-state index in [1.54, 1.807) is 6.92 Å². The quantitative estimate of drug-likeness (QED) is 0.438. The Morgan fingerprint density at radius 2 is 1.94 bits per heavy atom. The van der Waals surface area contributed by atoms with E-state index in [4.69, 9.17) is 4.74 Å². The average molecular weight is 277 g/mol. The topological polar surface area (TPSA) is 38.3 Å². The van der Waals surface area contributed by atoms with Crippen LogP contribution in [0.2, 0.25) is 0 Å². The normalized spacial score (nSPS) is 10.2. The fourth-order valence-corrected chi connectivity index (χ4v) is 2.95. The highest BCUT2D eigenvalue weighted by Gasteiger charge is 1.95. The summed E-state index contributed by atoms with van der Waals surface area (Å²) in [6.45, 7) is 6.76. The Kier molecular flexibility index (Phi) is 12.2. The first-order valence-corrected chi connectivity index (χ1v) is 8.32. The van der Waals surface area contributed by atoms with Crippen LogP contribution in [0.25, 0.3) is 0 Å². The molecule has 0 aliphatic heterocycles. The Hall–Kier alpha value is -0.130. The predicted molar refractivity (Wildman–Crippen MR) is 78.5 cm³/mol. The van der Waals surface area contributed by atoms with E-state index in [-0.39, 0.29) is 5.78 Å². The molecule has 5 heteroatoms. The monoisotopic (exact) mass is 277 g/mol. The summed E-state index contributed by atoms with van der Waals surface area (Å²) in [7, 11) is 5.60. The van der Waals surface area contributed by atoms with Crippen LogP contribution in [0, 0.1) is 0 Å². The van der Waals surface area contributed by atoms with Crippen molar-refractivity contribution in [1.29, 1.82) is 0 Å². The molecule has 0 unspecified atom stereocenters. The number of hydrogen-bond acceptors (Lipinski definition) is 5. The second-order valence-electron chi connectivity index (χ2n) is 3.67. The number of carbonyl (C=O) groups excluding carboxylic acids is 1. The summed E-state index contributed by atoms with van der Waals surface area (Å²) in [6.07, 6.45) is 2.73. The van der Waals surface area contributed by atoms with Crippen LogP contribution in [-0.2, 0) is 9.53 Å². The van der Waals surface area contributed by atoms with Gasteiger partial charge in [-0.15, -0.1) is 0 Å². The van der Waals surface area contributed by atoms with Crippen LogP contribution in [0.5, 0.6) is 0 Å². The van der Waals surface area contributed by atoms with Crippen molar-refractivity contribution < 1.29 is 9.53 Å². The van der Waals surface area contributed by atoms with Crippen molar-refractivity contribution in [2.75, 3.05) is 31.8 Å². The lowest BCUT2D eigenvalue weighted by atomic mass is 10.3. The number of rotatable bonds is 12. The second kappa shape index (κ2) is 12.3. The number of nitrogens with one attached hydrogen (secondary N) is 1. The predicted octanol–water partition coefficient (Wildman–Crippen LogP) is 2.88. The Labute approximate surface area is 113 Å². The summed E-state index contributed by atoms with van der Waals surface area (Å²) in [6, 6.07) is 0. The molecule has 0 bridgehead atoms. The van der Waals surface area contributed by atoms with Crippen LogP contribution in [0.1, 0.15) is 26.2 Å². The van der Waals surface area contributed by atoms with Gasteiger partial charge in [0.15, 0.2) is 0 Å². The third-order valence-corrected chi connectivity index (χ3v) is 4.51. The van der Waals surface area contributed by atoms with Crippen molar-refractivity contribution in [3.05, 3.63) is 12.3 Å². The lowest BCUT2D eigenvalue weighted by Gasteiger charge is -2.04. The summed E-state index contributed by atoms with van der Waals surface area (Å²) in [4.78, 5) is 10.6. The van der Waals surface area contributed by atoms with Crippen LogP contribution in [-0.4, -0.2) is 37.6 Å². The molecule has 0 spiro atoms. The van der Waals surface area contributed by atoms with Gasteiger partial charge in [0.1, 0.15) is 5.78 Å². The summed E-state index contributed by atoms with van der Waals surface area (Å²) >= 11 is 0. The molecular weight excluding hydrogens is 254 g/mol. The van der Waals surface area contributed by atoms with Crippen LogP contribution >= 0.6 is 21.6 Å². The molecule has 0 aromatic heterocycles. The van der Waals surface area contributed by atoms with Gasteiger partial charge in [-0.3, -0.25) is 4.79 Å². The third kappa shape index (κ3) is 13.8. The molecule has 0 aliphatic rings. The van der Waals surface area contributed by atoms with Crippen molar-refractivity contribution in [3.63, 3.8) is 0 Å². The lowest BCUT2D eigenvalue weighted by Crippen LogP contribution is -2.04. The zero-order valence-electron chi connectivity index (χ0n) is 10.8. The molecule has 3 nitrogen and oxygen atoms in total. The molecule has 0 saturated heterocycles. The highest BCUT2D eigenvalue weighted by Crippen LogP contribution is 2.22. The van der Waals surface area contributed by atoms with Crippen molar-refractivity contribution >= 4 is 27.4 Å². The molecule has 0 fully saturated rings. The van der Waals surface area contributed by atoms with Crippen LogP contribution in [0.4, 0.5) is 0 Å². The second-order valence-corrected chi connectivity index (χ2v) is 6.37. The van der Waals surface area contributed by atoms with Gasteiger partial charge in [0.25, 0.3) is 0 Å². The fraction of sp³-hybridized carbons (Fsp3) is 0.750. The van der Waals surface area contributed by atoms with E-state index in [0.29, 0.717) is 13.0 Å². The third-order valence-electron chi connectivity index (χ3n) is 2.05. The highest BCUT2D eigenvalue weighted by molar-refractivity contribution is 8.76. The van der Waals surface area contributed by atoms with Gasteiger partial charge in [-0.05, 0) is 19.8 Å². The molecule has 0 amide bonds. The molecular formula is C12H23NO2S2. The van der Waals surface area contributed by atoms with Crippen molar-refractivity contribution in [1.82, 2.24) is 5.32 Å². The molecule has 17 heavy (non-hydrogen) atoms. The van der Waals surface area contributed by atoms with Gasteiger partial charge in [0.2, 0.25) is 0 Å². The zero-order valence-corrected chi connectivity index (χ0v) is 12.4. The largest absolute Gasteiger partial charge is 0.392 e. The Morgan fingerprint density at radius 1 is 1.24 bits per heavy atom. The SMILES string of the molecule is C=C(CCCSSCCOCCC(C)=O)NC. The molecule has 0 heterocycles. The van der Waals surface area contributed by atoms with Crippen LogP contribution in [0.15, 0.2) is 12.3 Å². The van der Waals surface area contributed by atoms with E-state index in [9.17, 15) is 4.79 Å². The summed E-state index contributed by atoms with van der Waals surface area (Å²) < 4.78 is 5.33.